The third-order valence-electron chi connectivity index (χ3n) is 3.52. The molecule has 1 heterocycles. The lowest BCUT2D eigenvalue weighted by Crippen LogP contribution is -2.47. The van der Waals surface area contributed by atoms with Crippen molar-refractivity contribution in [1.29, 1.82) is 0 Å². The molecule has 27 heavy (non-hydrogen) atoms. The summed E-state index contributed by atoms with van der Waals surface area (Å²) in [5.41, 5.74) is -0.409. The van der Waals surface area contributed by atoms with Crippen LogP contribution in [0.15, 0.2) is 24.3 Å². The van der Waals surface area contributed by atoms with Crippen LogP contribution in [0.2, 0.25) is 0 Å². The van der Waals surface area contributed by atoms with Crippen molar-refractivity contribution in [3.8, 4) is 0 Å². The Balaban J connectivity index is 2.09. The van der Waals surface area contributed by atoms with Gasteiger partial charge >= 0.3 is 12.1 Å². The number of thioether (sulfide) groups is 1. The quantitative estimate of drug-likeness (QED) is 0.739. The van der Waals surface area contributed by atoms with Crippen molar-refractivity contribution in [2.24, 2.45) is 0 Å². The van der Waals surface area contributed by atoms with Gasteiger partial charge in [0.25, 0.3) is 11.8 Å². The summed E-state index contributed by atoms with van der Waals surface area (Å²) in [5, 5.41) is 2.86. The lowest BCUT2D eigenvalue weighted by Gasteiger charge is -2.23. The van der Waals surface area contributed by atoms with E-state index >= 15 is 0 Å². The van der Waals surface area contributed by atoms with E-state index in [4.69, 9.17) is 9.57 Å². The van der Waals surface area contributed by atoms with Crippen molar-refractivity contribution in [1.82, 2.24) is 10.4 Å². The number of fused-ring (bicyclic) bond motifs is 1. The number of rotatable bonds is 6. The van der Waals surface area contributed by atoms with Gasteiger partial charge in [-0.2, -0.15) is 11.8 Å². The Hall–Kier alpha value is -2.55. The second-order valence-electron chi connectivity index (χ2n) is 6.84. The van der Waals surface area contributed by atoms with E-state index in [0.717, 1.165) is 0 Å². The first-order chi connectivity index (χ1) is 12.6. The number of carbonyl (C=O) groups is 4. The minimum absolute atomic E-state index is 0.163. The van der Waals surface area contributed by atoms with Gasteiger partial charge < -0.3 is 14.9 Å². The number of imide groups is 1. The first-order valence-corrected chi connectivity index (χ1v) is 9.71. The SMILES string of the molecule is CSCC[C@H](NC(=O)OC(C)(C)C)C(=O)ON1C(=O)c2ccccc2C1=O. The molecule has 0 aliphatic carbocycles. The molecule has 0 fully saturated rings. The summed E-state index contributed by atoms with van der Waals surface area (Å²) in [5.74, 6) is -1.79. The molecular formula is C18H22N2O6S. The fraction of sp³-hybridized carbons (Fsp3) is 0.444. The predicted octanol–water partition coefficient (Wildman–Crippen LogP) is 2.39. The highest BCUT2D eigenvalue weighted by Gasteiger charge is 2.40. The minimum Gasteiger partial charge on any atom is -0.444 e. The van der Waals surface area contributed by atoms with Crippen LogP contribution in [-0.2, 0) is 14.4 Å². The number of alkyl carbamates (subject to hydrolysis) is 1. The van der Waals surface area contributed by atoms with Crippen LogP contribution in [0.5, 0.6) is 0 Å². The molecule has 3 amide bonds. The van der Waals surface area contributed by atoms with Crippen LogP contribution in [0.4, 0.5) is 4.79 Å². The van der Waals surface area contributed by atoms with Crippen LogP contribution in [0.25, 0.3) is 0 Å². The molecule has 8 nitrogen and oxygen atoms in total. The van der Waals surface area contributed by atoms with Crippen molar-refractivity contribution in [2.45, 2.75) is 38.8 Å². The van der Waals surface area contributed by atoms with Gasteiger partial charge in [0, 0.05) is 0 Å². The van der Waals surface area contributed by atoms with Gasteiger partial charge in [0.1, 0.15) is 11.6 Å². The fourth-order valence-electron chi connectivity index (χ4n) is 2.34. The normalized spacial score (nSPS) is 14.6. The number of benzene rings is 1. The molecule has 0 bridgehead atoms. The van der Waals surface area contributed by atoms with E-state index in [1.54, 1.807) is 32.9 Å². The molecular weight excluding hydrogens is 372 g/mol. The Morgan fingerprint density at radius 1 is 1.15 bits per heavy atom. The molecule has 1 atom stereocenters. The number of nitrogens with zero attached hydrogens (tertiary/aromatic N) is 1. The number of amides is 3. The van der Waals surface area contributed by atoms with Gasteiger partial charge in [-0.1, -0.05) is 17.2 Å². The maximum absolute atomic E-state index is 12.5. The highest BCUT2D eigenvalue weighted by atomic mass is 32.2. The molecule has 0 aromatic heterocycles. The monoisotopic (exact) mass is 394 g/mol. The van der Waals surface area contributed by atoms with Gasteiger partial charge in [-0.15, -0.1) is 0 Å². The number of hydroxylamine groups is 2. The first-order valence-electron chi connectivity index (χ1n) is 8.32. The summed E-state index contributed by atoms with van der Waals surface area (Å²) in [4.78, 5) is 54.1. The Bertz CT molecular complexity index is 723. The molecule has 1 aromatic rings. The molecule has 0 saturated heterocycles. The topological polar surface area (TPSA) is 102 Å². The highest BCUT2D eigenvalue weighted by molar-refractivity contribution is 7.98. The van der Waals surface area contributed by atoms with Crippen LogP contribution in [0.1, 0.15) is 47.9 Å². The second-order valence-corrected chi connectivity index (χ2v) is 7.83. The largest absolute Gasteiger partial charge is 0.444 e. The number of ether oxygens (including phenoxy) is 1. The van der Waals surface area contributed by atoms with Gasteiger partial charge in [0.05, 0.1) is 11.1 Å². The fourth-order valence-corrected chi connectivity index (χ4v) is 2.81. The van der Waals surface area contributed by atoms with Crippen LogP contribution >= 0.6 is 11.8 Å². The summed E-state index contributed by atoms with van der Waals surface area (Å²) in [6.45, 7) is 5.09. The summed E-state index contributed by atoms with van der Waals surface area (Å²) in [7, 11) is 0. The van der Waals surface area contributed by atoms with Gasteiger partial charge in [-0.25, -0.2) is 9.59 Å². The highest BCUT2D eigenvalue weighted by Crippen LogP contribution is 2.23. The lowest BCUT2D eigenvalue weighted by molar-refractivity contribution is -0.171. The molecule has 1 aromatic carbocycles. The standard InChI is InChI=1S/C18H22N2O6S/c1-18(2,3)25-17(24)19-13(9-10-27-4)16(23)26-20-14(21)11-7-5-6-8-12(11)15(20)22/h5-8,13H,9-10H2,1-4H3,(H,19,24)/t13-/m0/s1. The zero-order chi connectivity index (χ0) is 20.2. The second kappa shape index (κ2) is 8.43. The average molecular weight is 394 g/mol. The maximum Gasteiger partial charge on any atom is 0.408 e. The van der Waals surface area contributed by atoms with Crippen molar-refractivity contribution in [2.75, 3.05) is 12.0 Å². The van der Waals surface area contributed by atoms with Gasteiger partial charge in [-0.3, -0.25) is 9.59 Å². The van der Waals surface area contributed by atoms with E-state index < -0.39 is 35.5 Å². The van der Waals surface area contributed by atoms with Crippen molar-refractivity contribution in [3.05, 3.63) is 35.4 Å². The maximum atomic E-state index is 12.5. The van der Waals surface area contributed by atoms with E-state index in [2.05, 4.69) is 5.32 Å². The third-order valence-corrected chi connectivity index (χ3v) is 4.17. The van der Waals surface area contributed by atoms with Gasteiger partial charge in [-0.05, 0) is 51.3 Å². The molecule has 1 aliphatic rings. The molecule has 0 spiro atoms. The molecule has 2 rings (SSSR count). The summed E-state index contributed by atoms with van der Waals surface area (Å²) in [6, 6.07) is 5.12. The van der Waals surface area contributed by atoms with Gasteiger partial charge in [0.15, 0.2) is 0 Å². The molecule has 9 heteroatoms. The zero-order valence-electron chi connectivity index (χ0n) is 15.6. The van der Waals surface area contributed by atoms with E-state index in [9.17, 15) is 19.2 Å². The van der Waals surface area contributed by atoms with Crippen LogP contribution in [0, 0.1) is 0 Å². The Morgan fingerprint density at radius 2 is 1.70 bits per heavy atom. The summed E-state index contributed by atoms with van der Waals surface area (Å²) in [6.07, 6.45) is 1.32. The Morgan fingerprint density at radius 3 is 2.19 bits per heavy atom. The predicted molar refractivity (Wildman–Crippen MR) is 99.2 cm³/mol. The van der Waals surface area contributed by atoms with E-state index in [1.807, 2.05) is 6.26 Å². The smallest absolute Gasteiger partial charge is 0.408 e. The van der Waals surface area contributed by atoms with Crippen molar-refractivity contribution < 1.29 is 28.8 Å². The molecule has 0 radical (unpaired) electrons. The van der Waals surface area contributed by atoms with E-state index in [-0.39, 0.29) is 17.5 Å². The lowest BCUT2D eigenvalue weighted by atomic mass is 10.1. The third kappa shape index (κ3) is 5.22. The van der Waals surface area contributed by atoms with Crippen molar-refractivity contribution in [3.63, 3.8) is 0 Å². The Kier molecular flexibility index (Phi) is 6.48. The molecule has 1 aliphatic heterocycles. The molecule has 0 saturated carbocycles. The summed E-state index contributed by atoms with van der Waals surface area (Å²) < 4.78 is 5.15. The van der Waals surface area contributed by atoms with E-state index in [1.165, 1.54) is 23.9 Å². The van der Waals surface area contributed by atoms with Crippen LogP contribution in [0.3, 0.4) is 0 Å². The average Bonchev–Trinajstić information content (AvgIpc) is 2.82. The number of nitrogens with one attached hydrogen (secondary N) is 1. The van der Waals surface area contributed by atoms with Gasteiger partial charge in [0.2, 0.25) is 0 Å². The Labute approximate surface area is 161 Å². The number of carbonyl (C=O) groups excluding carboxylic acids is 4. The first kappa shape index (κ1) is 20.8. The van der Waals surface area contributed by atoms with Crippen LogP contribution < -0.4 is 5.32 Å². The molecule has 1 N–H and O–H groups in total. The summed E-state index contributed by atoms with van der Waals surface area (Å²) >= 11 is 1.47. The van der Waals surface area contributed by atoms with Crippen molar-refractivity contribution >= 4 is 35.6 Å². The number of hydrogen-bond acceptors (Lipinski definition) is 7. The minimum atomic E-state index is -1.06. The van der Waals surface area contributed by atoms with E-state index in [0.29, 0.717) is 10.8 Å². The van der Waals surface area contributed by atoms with Crippen LogP contribution in [-0.4, -0.2) is 52.6 Å². The molecule has 146 valence electrons. The molecule has 0 unspecified atom stereocenters. The zero-order valence-corrected chi connectivity index (χ0v) is 16.4. The number of hydrogen-bond donors (Lipinski definition) is 1.